The van der Waals surface area contributed by atoms with Crippen molar-refractivity contribution in [2.45, 2.75) is 6.42 Å². The highest BCUT2D eigenvalue weighted by atomic mass is 16.5. The number of hydrogen-bond donors (Lipinski definition) is 2. The van der Waals surface area contributed by atoms with E-state index in [-0.39, 0.29) is 0 Å². The molecule has 0 aliphatic carbocycles. The molecule has 0 radical (unpaired) electrons. The van der Waals surface area contributed by atoms with E-state index in [0.717, 1.165) is 13.0 Å². The quantitative estimate of drug-likeness (QED) is 0.756. The summed E-state index contributed by atoms with van der Waals surface area (Å²) in [6.07, 6.45) is 0.971. The van der Waals surface area contributed by atoms with Gasteiger partial charge in [-0.2, -0.15) is 0 Å². The van der Waals surface area contributed by atoms with Crippen LogP contribution in [0.25, 0.3) is 0 Å². The minimum Gasteiger partial charge on any atom is -0.490 e. The first-order chi connectivity index (χ1) is 8.18. The average Bonchev–Trinajstić information content (AvgIpc) is 2.80. The summed E-state index contributed by atoms with van der Waals surface area (Å²) in [4.78, 5) is 11.2. The Morgan fingerprint density at radius 1 is 1.53 bits per heavy atom. The molecule has 1 amide bonds. The van der Waals surface area contributed by atoms with Crippen LogP contribution in [0.3, 0.4) is 0 Å². The Morgan fingerprint density at radius 3 is 3.00 bits per heavy atom. The molecule has 1 saturated heterocycles. The zero-order chi connectivity index (χ0) is 12.3. The molecular formula is C12H16N2O3. The molecule has 0 bridgehead atoms. The zero-order valence-corrected chi connectivity index (χ0v) is 9.52. The highest BCUT2D eigenvalue weighted by Gasteiger charge is 2.18. The molecule has 92 valence electrons. The molecule has 2 rings (SSSR count). The summed E-state index contributed by atoms with van der Waals surface area (Å²) in [7, 11) is 0. The standard InChI is InChI=1S/C12H16N2O3/c13-10-3-1-2-9(12(14)15)11(10)17-7-8-4-5-16-6-8/h1-3,8H,4-7,13H2,(H2,14,15). The van der Waals surface area contributed by atoms with Crippen LogP contribution < -0.4 is 16.2 Å². The molecule has 0 saturated carbocycles. The predicted octanol–water partition coefficient (Wildman–Crippen LogP) is 0.783. The fourth-order valence-electron chi connectivity index (χ4n) is 1.83. The van der Waals surface area contributed by atoms with Crippen LogP contribution in [0.15, 0.2) is 18.2 Å². The van der Waals surface area contributed by atoms with E-state index in [0.29, 0.717) is 36.1 Å². The number of anilines is 1. The highest BCUT2D eigenvalue weighted by molar-refractivity contribution is 5.97. The predicted molar refractivity (Wildman–Crippen MR) is 63.8 cm³/mol. The maximum atomic E-state index is 11.2. The van der Waals surface area contributed by atoms with Gasteiger partial charge in [-0.1, -0.05) is 6.07 Å². The van der Waals surface area contributed by atoms with Crippen molar-refractivity contribution < 1.29 is 14.3 Å². The van der Waals surface area contributed by atoms with Crippen molar-refractivity contribution in [2.75, 3.05) is 25.6 Å². The number of nitrogens with two attached hydrogens (primary N) is 2. The average molecular weight is 236 g/mol. The van der Waals surface area contributed by atoms with Gasteiger partial charge in [-0.25, -0.2) is 0 Å². The molecule has 17 heavy (non-hydrogen) atoms. The van der Waals surface area contributed by atoms with Gasteiger partial charge in [0.25, 0.3) is 5.91 Å². The molecule has 0 spiro atoms. The van der Waals surface area contributed by atoms with Gasteiger partial charge in [0.1, 0.15) is 0 Å². The molecule has 1 unspecified atom stereocenters. The summed E-state index contributed by atoms with van der Waals surface area (Å²) >= 11 is 0. The van der Waals surface area contributed by atoms with Gasteiger partial charge in [0, 0.05) is 12.5 Å². The van der Waals surface area contributed by atoms with E-state index in [4.69, 9.17) is 20.9 Å². The van der Waals surface area contributed by atoms with E-state index < -0.39 is 5.91 Å². The molecule has 0 aromatic heterocycles. The van der Waals surface area contributed by atoms with Gasteiger partial charge >= 0.3 is 0 Å². The monoisotopic (exact) mass is 236 g/mol. The minimum absolute atomic E-state index is 0.323. The van der Waals surface area contributed by atoms with Crippen molar-refractivity contribution in [1.82, 2.24) is 0 Å². The lowest BCUT2D eigenvalue weighted by Crippen LogP contribution is -2.17. The summed E-state index contributed by atoms with van der Waals surface area (Å²) in [6, 6.07) is 4.98. The second-order valence-electron chi connectivity index (χ2n) is 4.13. The fraction of sp³-hybridized carbons (Fsp3) is 0.417. The van der Waals surface area contributed by atoms with E-state index in [1.165, 1.54) is 0 Å². The van der Waals surface area contributed by atoms with Crippen LogP contribution in [0.4, 0.5) is 5.69 Å². The third-order valence-corrected chi connectivity index (χ3v) is 2.80. The Morgan fingerprint density at radius 2 is 2.35 bits per heavy atom. The maximum absolute atomic E-state index is 11.2. The number of carbonyl (C=O) groups is 1. The molecule has 5 nitrogen and oxygen atoms in total. The smallest absolute Gasteiger partial charge is 0.252 e. The Kier molecular flexibility index (Phi) is 3.49. The summed E-state index contributed by atoms with van der Waals surface area (Å²) in [5.41, 5.74) is 11.8. The Hall–Kier alpha value is -1.75. The first kappa shape index (κ1) is 11.7. The summed E-state index contributed by atoms with van der Waals surface area (Å²) in [5.74, 6) is 0.206. The molecule has 1 aliphatic rings. The van der Waals surface area contributed by atoms with Gasteiger partial charge in [-0.3, -0.25) is 4.79 Å². The van der Waals surface area contributed by atoms with Crippen molar-refractivity contribution in [3.63, 3.8) is 0 Å². The fourth-order valence-corrected chi connectivity index (χ4v) is 1.83. The van der Waals surface area contributed by atoms with Gasteiger partial charge in [0.15, 0.2) is 5.75 Å². The van der Waals surface area contributed by atoms with Crippen LogP contribution in [-0.2, 0) is 4.74 Å². The summed E-state index contributed by atoms with van der Waals surface area (Å²) in [5, 5.41) is 0. The Labute approximate surface area is 99.7 Å². The normalized spacial score (nSPS) is 19.2. The van der Waals surface area contributed by atoms with Crippen molar-refractivity contribution in [3.8, 4) is 5.75 Å². The molecule has 4 N–H and O–H groups in total. The van der Waals surface area contributed by atoms with Crippen LogP contribution in [0, 0.1) is 5.92 Å². The Bertz CT molecular complexity index is 414. The number of amides is 1. The topological polar surface area (TPSA) is 87.6 Å². The highest BCUT2D eigenvalue weighted by Crippen LogP contribution is 2.27. The summed E-state index contributed by atoms with van der Waals surface area (Å²) < 4.78 is 10.9. The molecule has 5 heteroatoms. The lowest BCUT2D eigenvalue weighted by Gasteiger charge is -2.14. The van der Waals surface area contributed by atoms with E-state index in [2.05, 4.69) is 0 Å². The van der Waals surface area contributed by atoms with Gasteiger partial charge in [-0.15, -0.1) is 0 Å². The second-order valence-corrected chi connectivity index (χ2v) is 4.13. The minimum atomic E-state index is -0.532. The van der Waals surface area contributed by atoms with Gasteiger partial charge in [-0.05, 0) is 18.6 Å². The van der Waals surface area contributed by atoms with Crippen LogP contribution >= 0.6 is 0 Å². The van der Waals surface area contributed by atoms with Crippen LogP contribution in [-0.4, -0.2) is 25.7 Å². The maximum Gasteiger partial charge on any atom is 0.252 e. The van der Waals surface area contributed by atoms with Crippen LogP contribution in [0.1, 0.15) is 16.8 Å². The van der Waals surface area contributed by atoms with Crippen LogP contribution in [0.2, 0.25) is 0 Å². The van der Waals surface area contributed by atoms with E-state index in [9.17, 15) is 4.79 Å². The second kappa shape index (κ2) is 5.05. The van der Waals surface area contributed by atoms with Crippen molar-refractivity contribution >= 4 is 11.6 Å². The third-order valence-electron chi connectivity index (χ3n) is 2.80. The van der Waals surface area contributed by atoms with E-state index in [1.54, 1.807) is 18.2 Å². The lowest BCUT2D eigenvalue weighted by molar-refractivity contribution is 0.0995. The number of primary amides is 1. The van der Waals surface area contributed by atoms with Crippen molar-refractivity contribution in [2.24, 2.45) is 11.7 Å². The van der Waals surface area contributed by atoms with Crippen molar-refractivity contribution in [1.29, 1.82) is 0 Å². The van der Waals surface area contributed by atoms with E-state index in [1.807, 2.05) is 0 Å². The number of benzene rings is 1. The third kappa shape index (κ3) is 2.68. The molecule has 1 heterocycles. The number of carbonyl (C=O) groups excluding carboxylic acids is 1. The first-order valence-electron chi connectivity index (χ1n) is 5.57. The molecule has 1 atom stereocenters. The Balaban J connectivity index is 2.10. The van der Waals surface area contributed by atoms with Crippen LogP contribution in [0.5, 0.6) is 5.75 Å². The first-order valence-corrected chi connectivity index (χ1v) is 5.57. The molecule has 1 aromatic rings. The molecular weight excluding hydrogens is 220 g/mol. The number of hydrogen-bond acceptors (Lipinski definition) is 4. The number of para-hydroxylation sites is 1. The van der Waals surface area contributed by atoms with Gasteiger partial charge < -0.3 is 20.9 Å². The molecule has 1 aliphatic heterocycles. The SMILES string of the molecule is NC(=O)c1cccc(N)c1OCC1CCOC1. The zero-order valence-electron chi connectivity index (χ0n) is 9.52. The van der Waals surface area contributed by atoms with E-state index >= 15 is 0 Å². The van der Waals surface area contributed by atoms with Crippen molar-refractivity contribution in [3.05, 3.63) is 23.8 Å². The molecule has 1 aromatic carbocycles. The lowest BCUT2D eigenvalue weighted by atomic mass is 10.1. The van der Waals surface area contributed by atoms with Gasteiger partial charge in [0.05, 0.1) is 24.5 Å². The van der Waals surface area contributed by atoms with Gasteiger partial charge in [0.2, 0.25) is 0 Å². The summed E-state index contributed by atoms with van der Waals surface area (Å²) in [6.45, 7) is 1.95. The largest absolute Gasteiger partial charge is 0.490 e. The number of nitrogen functional groups attached to an aromatic ring is 1. The number of ether oxygens (including phenoxy) is 2. The molecule has 1 fully saturated rings. The number of rotatable bonds is 4.